The van der Waals surface area contributed by atoms with Crippen molar-refractivity contribution in [2.75, 3.05) is 6.54 Å². The minimum Gasteiger partial charge on any atom is -0.352 e. The molecule has 0 atom stereocenters. The van der Waals surface area contributed by atoms with Crippen LogP contribution in [0, 0.1) is 16.0 Å². The number of benzene rings is 1. The van der Waals surface area contributed by atoms with Crippen LogP contribution in [0.15, 0.2) is 22.7 Å². The van der Waals surface area contributed by atoms with Crippen LogP contribution in [-0.4, -0.2) is 17.4 Å². The largest absolute Gasteiger partial charge is 0.352 e. The number of nitrogens with zero attached hydrogens (tertiary/aromatic N) is 1. The van der Waals surface area contributed by atoms with E-state index < -0.39 is 4.92 Å². The lowest BCUT2D eigenvalue weighted by Crippen LogP contribution is -2.30. The zero-order valence-electron chi connectivity index (χ0n) is 11.1. The van der Waals surface area contributed by atoms with Gasteiger partial charge in [-0.05, 0) is 40.8 Å². The van der Waals surface area contributed by atoms with E-state index in [1.807, 2.05) is 0 Å². The molecule has 0 radical (unpaired) electrons. The second-order valence-corrected chi connectivity index (χ2v) is 5.90. The third-order valence-electron chi connectivity index (χ3n) is 3.70. The van der Waals surface area contributed by atoms with Gasteiger partial charge < -0.3 is 5.32 Å². The molecule has 6 heteroatoms. The van der Waals surface area contributed by atoms with Gasteiger partial charge >= 0.3 is 0 Å². The summed E-state index contributed by atoms with van der Waals surface area (Å²) in [7, 11) is 0. The number of rotatable bonds is 4. The third kappa shape index (κ3) is 3.56. The molecule has 1 N–H and O–H groups in total. The topological polar surface area (TPSA) is 72.2 Å². The summed E-state index contributed by atoms with van der Waals surface area (Å²) in [6.07, 6.45) is 6.02. The maximum atomic E-state index is 12.1. The summed E-state index contributed by atoms with van der Waals surface area (Å²) in [6.45, 7) is 0.647. The predicted molar refractivity (Wildman–Crippen MR) is 79.7 cm³/mol. The van der Waals surface area contributed by atoms with Gasteiger partial charge in [-0.15, -0.1) is 0 Å². The van der Waals surface area contributed by atoms with Gasteiger partial charge in [-0.1, -0.05) is 25.3 Å². The highest BCUT2D eigenvalue weighted by Gasteiger charge is 2.20. The first-order chi connectivity index (χ1) is 9.59. The first kappa shape index (κ1) is 15.0. The van der Waals surface area contributed by atoms with Gasteiger partial charge in [0.05, 0.1) is 10.5 Å². The van der Waals surface area contributed by atoms with Crippen molar-refractivity contribution in [3.8, 4) is 0 Å². The third-order valence-corrected chi connectivity index (χ3v) is 4.53. The minimum absolute atomic E-state index is 0.0877. The van der Waals surface area contributed by atoms with Crippen molar-refractivity contribution in [1.29, 1.82) is 0 Å². The highest BCUT2D eigenvalue weighted by atomic mass is 79.9. The van der Waals surface area contributed by atoms with Crippen molar-refractivity contribution in [3.63, 3.8) is 0 Å². The number of carbonyl (C=O) groups excluding carboxylic acids is 1. The standard InChI is InChI=1S/C14H17BrN2O3/c15-13-11(7-4-8-12(13)17(19)20)14(18)16-9-10-5-2-1-3-6-10/h4,7-8,10H,1-3,5-6,9H2,(H,16,18). The zero-order valence-corrected chi connectivity index (χ0v) is 12.7. The van der Waals surface area contributed by atoms with Gasteiger partial charge in [0.1, 0.15) is 4.47 Å². The molecule has 0 bridgehead atoms. The number of hydrogen-bond acceptors (Lipinski definition) is 3. The summed E-state index contributed by atoms with van der Waals surface area (Å²) < 4.78 is 0.242. The summed E-state index contributed by atoms with van der Waals surface area (Å²) in [5, 5.41) is 13.7. The van der Waals surface area contributed by atoms with E-state index in [1.165, 1.54) is 31.4 Å². The van der Waals surface area contributed by atoms with Crippen molar-refractivity contribution in [2.24, 2.45) is 5.92 Å². The molecular formula is C14H17BrN2O3. The molecule has 0 heterocycles. The number of nitrogens with one attached hydrogen (secondary N) is 1. The second-order valence-electron chi connectivity index (χ2n) is 5.11. The SMILES string of the molecule is O=C(NCC1CCCCC1)c1cccc([N+](=O)[O-])c1Br. The average Bonchev–Trinajstić information content (AvgIpc) is 2.46. The molecule has 1 aliphatic rings. The van der Waals surface area contributed by atoms with Gasteiger partial charge in [0, 0.05) is 12.6 Å². The van der Waals surface area contributed by atoms with Crippen molar-refractivity contribution in [3.05, 3.63) is 38.3 Å². The van der Waals surface area contributed by atoms with Gasteiger partial charge in [0.25, 0.3) is 11.6 Å². The van der Waals surface area contributed by atoms with Crippen LogP contribution >= 0.6 is 15.9 Å². The van der Waals surface area contributed by atoms with Crippen LogP contribution < -0.4 is 5.32 Å². The quantitative estimate of drug-likeness (QED) is 0.671. The normalized spacial score (nSPS) is 15.8. The maximum Gasteiger partial charge on any atom is 0.284 e. The van der Waals surface area contributed by atoms with E-state index >= 15 is 0 Å². The summed E-state index contributed by atoms with van der Waals surface area (Å²) in [5.74, 6) is 0.274. The Labute approximate surface area is 126 Å². The summed E-state index contributed by atoms with van der Waals surface area (Å²) >= 11 is 3.15. The van der Waals surface area contributed by atoms with Gasteiger partial charge in [-0.25, -0.2) is 0 Å². The number of nitro benzene ring substituents is 1. The zero-order chi connectivity index (χ0) is 14.5. The van der Waals surface area contributed by atoms with Crippen LogP contribution in [0.25, 0.3) is 0 Å². The fourth-order valence-corrected chi connectivity index (χ4v) is 3.15. The Morgan fingerprint density at radius 2 is 2.05 bits per heavy atom. The van der Waals surface area contributed by atoms with E-state index in [0.29, 0.717) is 18.0 Å². The smallest absolute Gasteiger partial charge is 0.284 e. The number of halogens is 1. The fraction of sp³-hybridized carbons (Fsp3) is 0.500. The molecule has 1 aromatic rings. The molecule has 0 aliphatic heterocycles. The first-order valence-electron chi connectivity index (χ1n) is 6.80. The Morgan fingerprint density at radius 3 is 2.70 bits per heavy atom. The monoisotopic (exact) mass is 340 g/mol. The summed E-state index contributed by atoms with van der Waals surface area (Å²) in [6, 6.07) is 4.49. The Hall–Kier alpha value is -1.43. The summed E-state index contributed by atoms with van der Waals surface area (Å²) in [5.41, 5.74) is 0.227. The molecule has 5 nitrogen and oxygen atoms in total. The molecule has 20 heavy (non-hydrogen) atoms. The Kier molecular flexibility index (Phi) is 5.11. The lowest BCUT2D eigenvalue weighted by molar-refractivity contribution is -0.385. The molecule has 1 fully saturated rings. The molecule has 1 aromatic carbocycles. The van der Waals surface area contributed by atoms with Gasteiger partial charge in [0.15, 0.2) is 0 Å². The lowest BCUT2D eigenvalue weighted by atomic mass is 9.89. The summed E-state index contributed by atoms with van der Waals surface area (Å²) in [4.78, 5) is 22.5. The van der Waals surface area contributed by atoms with Crippen molar-refractivity contribution < 1.29 is 9.72 Å². The van der Waals surface area contributed by atoms with Crippen molar-refractivity contribution in [1.82, 2.24) is 5.32 Å². The fourth-order valence-electron chi connectivity index (χ4n) is 2.56. The van der Waals surface area contributed by atoms with Crippen LogP contribution in [0.2, 0.25) is 0 Å². The van der Waals surface area contributed by atoms with E-state index in [9.17, 15) is 14.9 Å². The number of nitro groups is 1. The Morgan fingerprint density at radius 1 is 1.35 bits per heavy atom. The molecule has 0 unspecified atom stereocenters. The Balaban J connectivity index is 2.01. The van der Waals surface area contributed by atoms with Gasteiger partial charge in [-0.3, -0.25) is 14.9 Å². The van der Waals surface area contributed by atoms with Crippen LogP contribution in [0.5, 0.6) is 0 Å². The second kappa shape index (κ2) is 6.83. The van der Waals surface area contributed by atoms with Crippen LogP contribution in [0.3, 0.4) is 0 Å². The van der Waals surface area contributed by atoms with E-state index in [2.05, 4.69) is 21.2 Å². The molecule has 108 valence electrons. The molecule has 0 spiro atoms. The van der Waals surface area contributed by atoms with E-state index in [1.54, 1.807) is 6.07 Å². The molecule has 0 saturated heterocycles. The molecule has 1 amide bonds. The van der Waals surface area contributed by atoms with Gasteiger partial charge in [0.2, 0.25) is 0 Å². The molecule has 0 aromatic heterocycles. The molecule has 1 saturated carbocycles. The molecule has 2 rings (SSSR count). The molecule has 1 aliphatic carbocycles. The van der Waals surface area contributed by atoms with Crippen molar-refractivity contribution >= 4 is 27.5 Å². The lowest BCUT2D eigenvalue weighted by Gasteiger charge is -2.21. The number of carbonyl (C=O) groups is 1. The van der Waals surface area contributed by atoms with Crippen LogP contribution in [-0.2, 0) is 0 Å². The number of amides is 1. The first-order valence-corrected chi connectivity index (χ1v) is 7.60. The van der Waals surface area contributed by atoms with Crippen LogP contribution in [0.1, 0.15) is 42.5 Å². The van der Waals surface area contributed by atoms with E-state index in [-0.39, 0.29) is 16.1 Å². The Bertz CT molecular complexity index is 513. The minimum atomic E-state index is -0.498. The maximum absolute atomic E-state index is 12.1. The van der Waals surface area contributed by atoms with E-state index in [4.69, 9.17) is 0 Å². The average molecular weight is 341 g/mol. The highest BCUT2D eigenvalue weighted by molar-refractivity contribution is 9.10. The number of hydrogen-bond donors (Lipinski definition) is 1. The molecular weight excluding hydrogens is 324 g/mol. The van der Waals surface area contributed by atoms with Gasteiger partial charge in [-0.2, -0.15) is 0 Å². The van der Waals surface area contributed by atoms with E-state index in [0.717, 1.165) is 12.8 Å². The van der Waals surface area contributed by atoms with Crippen molar-refractivity contribution in [2.45, 2.75) is 32.1 Å². The van der Waals surface area contributed by atoms with Crippen LogP contribution in [0.4, 0.5) is 5.69 Å². The highest BCUT2D eigenvalue weighted by Crippen LogP contribution is 2.28. The predicted octanol–water partition coefficient (Wildman–Crippen LogP) is 3.67.